The summed E-state index contributed by atoms with van der Waals surface area (Å²) in [6.07, 6.45) is 1.73. The van der Waals surface area contributed by atoms with Crippen LogP contribution in [0.15, 0.2) is 29.2 Å². The van der Waals surface area contributed by atoms with Gasteiger partial charge in [-0.25, -0.2) is 0 Å². The highest BCUT2D eigenvalue weighted by Crippen LogP contribution is 2.34. The zero-order valence-electron chi connectivity index (χ0n) is 10.5. The number of para-hydroxylation sites is 1. The molecular formula is C13H11NO4S2. The van der Waals surface area contributed by atoms with E-state index in [1.807, 2.05) is 18.2 Å². The maximum atomic E-state index is 11.7. The molecule has 0 bridgehead atoms. The predicted molar refractivity (Wildman–Crippen MR) is 80.9 cm³/mol. The van der Waals surface area contributed by atoms with Crippen LogP contribution >= 0.6 is 24.0 Å². The number of hydrogen-bond donors (Lipinski definition) is 1. The SMILES string of the molecule is COc1ccccc1C=C1SC(=O)N(CC(=O)O)C1=S. The van der Waals surface area contributed by atoms with Gasteiger partial charge in [-0.3, -0.25) is 14.5 Å². The number of thioether (sulfide) groups is 1. The van der Waals surface area contributed by atoms with Crippen LogP contribution in [-0.4, -0.2) is 39.9 Å². The van der Waals surface area contributed by atoms with Gasteiger partial charge in [0.2, 0.25) is 0 Å². The fourth-order valence-corrected chi connectivity index (χ4v) is 2.93. The van der Waals surface area contributed by atoms with Gasteiger partial charge in [0.1, 0.15) is 17.3 Å². The van der Waals surface area contributed by atoms with Crippen molar-refractivity contribution in [2.24, 2.45) is 0 Å². The summed E-state index contributed by atoms with van der Waals surface area (Å²) in [4.78, 5) is 24.3. The van der Waals surface area contributed by atoms with Gasteiger partial charge in [0.25, 0.3) is 5.24 Å². The summed E-state index contributed by atoms with van der Waals surface area (Å²) < 4.78 is 5.22. The lowest BCUT2D eigenvalue weighted by Gasteiger charge is -2.10. The maximum Gasteiger partial charge on any atom is 0.323 e. The van der Waals surface area contributed by atoms with Crippen molar-refractivity contribution in [1.82, 2.24) is 4.90 Å². The molecule has 1 fully saturated rings. The number of carboxylic acids is 1. The van der Waals surface area contributed by atoms with Crippen molar-refractivity contribution >= 4 is 46.3 Å². The first kappa shape index (κ1) is 14.5. The summed E-state index contributed by atoms with van der Waals surface area (Å²) in [6, 6.07) is 7.31. The summed E-state index contributed by atoms with van der Waals surface area (Å²) in [5.41, 5.74) is 0.782. The second-order valence-electron chi connectivity index (χ2n) is 3.90. The lowest BCUT2D eigenvalue weighted by atomic mass is 10.2. The van der Waals surface area contributed by atoms with Gasteiger partial charge in [0.15, 0.2) is 0 Å². The largest absolute Gasteiger partial charge is 0.496 e. The molecule has 1 amide bonds. The summed E-state index contributed by atoms with van der Waals surface area (Å²) in [5.74, 6) is -0.438. The first-order valence-electron chi connectivity index (χ1n) is 5.63. The van der Waals surface area contributed by atoms with E-state index in [2.05, 4.69) is 0 Å². The summed E-state index contributed by atoms with van der Waals surface area (Å²) >= 11 is 6.07. The average molecular weight is 309 g/mol. The van der Waals surface area contributed by atoms with Crippen LogP contribution in [0.5, 0.6) is 5.75 Å². The number of nitrogens with zero attached hydrogens (tertiary/aromatic N) is 1. The highest BCUT2D eigenvalue weighted by Gasteiger charge is 2.33. The third-order valence-corrected chi connectivity index (χ3v) is 4.09. The molecule has 5 nitrogen and oxygen atoms in total. The number of thiocarbonyl (C=S) groups is 1. The van der Waals surface area contributed by atoms with Gasteiger partial charge in [-0.05, 0) is 23.9 Å². The first-order chi connectivity index (χ1) is 9.52. The second-order valence-corrected chi connectivity index (χ2v) is 5.28. The molecule has 1 N–H and O–H groups in total. The van der Waals surface area contributed by atoms with E-state index in [0.29, 0.717) is 10.7 Å². The van der Waals surface area contributed by atoms with Crippen molar-refractivity contribution in [3.63, 3.8) is 0 Å². The summed E-state index contributed by atoms with van der Waals surface area (Å²) in [6.45, 7) is -0.423. The Morgan fingerprint density at radius 3 is 2.85 bits per heavy atom. The van der Waals surface area contributed by atoms with Crippen LogP contribution in [0.4, 0.5) is 4.79 Å². The summed E-state index contributed by atoms with van der Waals surface area (Å²) in [5, 5.41) is 8.39. The maximum absolute atomic E-state index is 11.7. The third-order valence-electron chi connectivity index (χ3n) is 2.59. The van der Waals surface area contributed by atoms with Gasteiger partial charge in [0, 0.05) is 5.56 Å². The smallest absolute Gasteiger partial charge is 0.323 e. The Morgan fingerprint density at radius 2 is 2.20 bits per heavy atom. The van der Waals surface area contributed by atoms with Crippen molar-refractivity contribution in [1.29, 1.82) is 0 Å². The number of ether oxygens (including phenoxy) is 1. The van der Waals surface area contributed by atoms with E-state index in [1.54, 1.807) is 19.3 Å². The van der Waals surface area contributed by atoms with Crippen LogP contribution in [0.3, 0.4) is 0 Å². The molecule has 0 saturated carbocycles. The molecule has 1 heterocycles. The van der Waals surface area contributed by atoms with Crippen LogP contribution in [0.25, 0.3) is 6.08 Å². The molecule has 20 heavy (non-hydrogen) atoms. The second kappa shape index (κ2) is 6.06. The fourth-order valence-electron chi connectivity index (χ4n) is 1.70. The van der Waals surface area contributed by atoms with Crippen molar-refractivity contribution in [3.05, 3.63) is 34.7 Å². The topological polar surface area (TPSA) is 66.8 Å². The van der Waals surface area contributed by atoms with Crippen LogP contribution in [0, 0.1) is 0 Å². The monoisotopic (exact) mass is 309 g/mol. The van der Waals surface area contributed by atoms with E-state index in [9.17, 15) is 9.59 Å². The number of carboxylic acid groups (broad SMARTS) is 1. The standard InChI is InChI=1S/C13H11NO4S2/c1-18-9-5-3-2-4-8(9)6-10-12(19)14(7-11(15)16)13(17)20-10/h2-6H,7H2,1H3,(H,15,16). The Balaban J connectivity index is 2.30. The molecule has 1 aliphatic heterocycles. The lowest BCUT2D eigenvalue weighted by Crippen LogP contribution is -2.32. The minimum Gasteiger partial charge on any atom is -0.496 e. The molecule has 0 atom stereocenters. The normalized spacial score (nSPS) is 16.9. The molecule has 1 aliphatic rings. The van der Waals surface area contributed by atoms with E-state index in [-0.39, 0.29) is 10.2 Å². The molecule has 1 aromatic rings. The molecule has 0 radical (unpaired) electrons. The van der Waals surface area contributed by atoms with Crippen molar-refractivity contribution in [2.45, 2.75) is 0 Å². The van der Waals surface area contributed by atoms with Crippen molar-refractivity contribution in [2.75, 3.05) is 13.7 Å². The Kier molecular flexibility index (Phi) is 4.41. The van der Waals surface area contributed by atoms with Crippen molar-refractivity contribution < 1.29 is 19.4 Å². The average Bonchev–Trinajstić information content (AvgIpc) is 2.67. The van der Waals surface area contributed by atoms with Gasteiger partial charge in [0.05, 0.1) is 12.0 Å². The van der Waals surface area contributed by atoms with Gasteiger partial charge in [-0.15, -0.1) is 0 Å². The molecule has 1 saturated heterocycles. The minimum absolute atomic E-state index is 0.230. The number of aliphatic carboxylic acids is 1. The highest BCUT2D eigenvalue weighted by molar-refractivity contribution is 8.19. The quantitative estimate of drug-likeness (QED) is 0.681. The molecule has 0 spiro atoms. The Labute approximate surface area is 125 Å². The zero-order valence-corrected chi connectivity index (χ0v) is 12.2. The highest BCUT2D eigenvalue weighted by atomic mass is 32.2. The van der Waals surface area contributed by atoms with E-state index >= 15 is 0 Å². The zero-order chi connectivity index (χ0) is 14.7. The van der Waals surface area contributed by atoms with Crippen LogP contribution in [0.1, 0.15) is 5.56 Å². The Bertz CT molecular complexity index is 612. The Hall–Kier alpha value is -1.86. The molecule has 0 aromatic heterocycles. The van der Waals surface area contributed by atoms with Gasteiger partial charge >= 0.3 is 5.97 Å². The minimum atomic E-state index is -1.10. The van der Waals surface area contributed by atoms with Gasteiger partial charge in [-0.1, -0.05) is 30.4 Å². The van der Waals surface area contributed by atoms with E-state index in [4.69, 9.17) is 22.1 Å². The lowest BCUT2D eigenvalue weighted by molar-refractivity contribution is -0.136. The fraction of sp³-hybridized carbons (Fsp3) is 0.154. The summed E-state index contributed by atoms with van der Waals surface area (Å²) in [7, 11) is 1.55. The first-order valence-corrected chi connectivity index (χ1v) is 6.85. The Morgan fingerprint density at radius 1 is 1.50 bits per heavy atom. The molecule has 0 aliphatic carbocycles. The van der Waals surface area contributed by atoms with E-state index in [1.165, 1.54) is 0 Å². The number of benzene rings is 1. The molecule has 7 heteroatoms. The van der Waals surface area contributed by atoms with E-state index in [0.717, 1.165) is 22.2 Å². The van der Waals surface area contributed by atoms with Crippen LogP contribution in [-0.2, 0) is 4.79 Å². The van der Waals surface area contributed by atoms with Gasteiger partial charge in [-0.2, -0.15) is 0 Å². The van der Waals surface area contributed by atoms with Crippen LogP contribution < -0.4 is 4.74 Å². The number of carbonyl (C=O) groups is 2. The third kappa shape index (κ3) is 3.00. The number of carbonyl (C=O) groups excluding carboxylic acids is 1. The van der Waals surface area contributed by atoms with Crippen LogP contribution in [0.2, 0.25) is 0 Å². The number of rotatable bonds is 4. The predicted octanol–water partition coefficient (Wildman–Crippen LogP) is 2.62. The number of methoxy groups -OCH3 is 1. The molecule has 104 valence electrons. The van der Waals surface area contributed by atoms with Gasteiger partial charge < -0.3 is 9.84 Å². The molecule has 1 aromatic carbocycles. The molecular weight excluding hydrogens is 298 g/mol. The number of amides is 1. The molecule has 0 unspecified atom stereocenters. The van der Waals surface area contributed by atoms with E-state index < -0.39 is 12.5 Å². The number of hydrogen-bond acceptors (Lipinski definition) is 5. The van der Waals surface area contributed by atoms with Crippen molar-refractivity contribution in [3.8, 4) is 5.75 Å². The molecule has 2 rings (SSSR count).